The standard InChI is InChI=1S/C27H25F3N4O7/c1-12-14-4-3-5-18(21(14)24(36)32-12)41-25-15(27(28,29)30)9-31-26(34-25)33-16-7-6-13(8-19(16)37-2)40-20-11-39-22-17(35)10-38-23(20)22/h3-9,12,17,20,22-23,35H,10-11H2,1-2H3,(H,32,36)(H,31,33,34)/t12-,17+,20+,22+,23+/m0/s1. The van der Waals surface area contributed by atoms with Crippen LogP contribution in [0.2, 0.25) is 0 Å². The van der Waals surface area contributed by atoms with Gasteiger partial charge in [-0.15, -0.1) is 0 Å². The number of alkyl halides is 3. The monoisotopic (exact) mass is 574 g/mol. The predicted octanol–water partition coefficient (Wildman–Crippen LogP) is 3.75. The highest BCUT2D eigenvalue weighted by Crippen LogP contribution is 2.41. The Morgan fingerprint density at radius 3 is 2.71 bits per heavy atom. The van der Waals surface area contributed by atoms with Crippen LogP contribution in [0.1, 0.15) is 34.5 Å². The largest absolute Gasteiger partial charge is 0.494 e. The number of methoxy groups -OCH3 is 1. The lowest BCUT2D eigenvalue weighted by Crippen LogP contribution is -2.34. The van der Waals surface area contributed by atoms with Gasteiger partial charge in [-0.25, -0.2) is 4.98 Å². The summed E-state index contributed by atoms with van der Waals surface area (Å²) in [7, 11) is 1.42. The maximum Gasteiger partial charge on any atom is 0.423 e. The van der Waals surface area contributed by atoms with Crippen LogP contribution in [0.25, 0.3) is 0 Å². The lowest BCUT2D eigenvalue weighted by Gasteiger charge is -2.19. The number of fused-ring (bicyclic) bond motifs is 2. The molecule has 2 aromatic carbocycles. The summed E-state index contributed by atoms with van der Waals surface area (Å²) >= 11 is 0. The average Bonchev–Trinajstić information content (AvgIpc) is 3.59. The number of nitrogens with zero attached hydrogens (tertiary/aromatic N) is 2. The maximum absolute atomic E-state index is 13.8. The molecule has 3 aliphatic heterocycles. The molecule has 1 amide bonds. The lowest BCUT2D eigenvalue weighted by atomic mass is 10.1. The molecule has 0 unspecified atom stereocenters. The summed E-state index contributed by atoms with van der Waals surface area (Å²) in [5.74, 6) is -0.769. The van der Waals surface area contributed by atoms with Crippen LogP contribution in [0.4, 0.5) is 24.8 Å². The first-order valence-corrected chi connectivity index (χ1v) is 12.7. The van der Waals surface area contributed by atoms with Crippen molar-refractivity contribution in [2.45, 2.75) is 43.6 Å². The number of anilines is 2. The van der Waals surface area contributed by atoms with Crippen LogP contribution in [0.3, 0.4) is 0 Å². The number of nitrogens with one attached hydrogen (secondary N) is 2. The number of aromatic nitrogens is 2. The smallest absolute Gasteiger partial charge is 0.423 e. The van der Waals surface area contributed by atoms with E-state index in [-0.39, 0.29) is 36.5 Å². The fourth-order valence-corrected chi connectivity index (χ4v) is 5.07. The molecule has 3 N–H and O–H groups in total. The number of carbonyl (C=O) groups is 1. The fraction of sp³-hybridized carbons (Fsp3) is 0.370. The number of carbonyl (C=O) groups excluding carboxylic acids is 1. The summed E-state index contributed by atoms with van der Waals surface area (Å²) < 4.78 is 69.7. The summed E-state index contributed by atoms with van der Waals surface area (Å²) in [4.78, 5) is 20.3. The highest BCUT2D eigenvalue weighted by molar-refractivity contribution is 6.01. The van der Waals surface area contributed by atoms with E-state index in [2.05, 4.69) is 20.6 Å². The number of rotatable bonds is 7. The molecule has 0 bridgehead atoms. The molecule has 0 radical (unpaired) electrons. The molecule has 216 valence electrons. The maximum atomic E-state index is 13.8. The Kier molecular flexibility index (Phi) is 6.83. The van der Waals surface area contributed by atoms with Crippen molar-refractivity contribution in [2.24, 2.45) is 0 Å². The number of amides is 1. The molecule has 3 aromatic rings. The second kappa shape index (κ2) is 10.4. The minimum absolute atomic E-state index is 0.0597. The number of aliphatic hydroxyl groups excluding tert-OH is 1. The Morgan fingerprint density at radius 1 is 1.12 bits per heavy atom. The van der Waals surface area contributed by atoms with E-state index in [9.17, 15) is 23.1 Å². The molecular weight excluding hydrogens is 549 g/mol. The topological polar surface area (TPSA) is 133 Å². The van der Waals surface area contributed by atoms with E-state index in [1.807, 2.05) is 0 Å². The van der Waals surface area contributed by atoms with Crippen LogP contribution in [0, 0.1) is 0 Å². The number of hydrogen-bond acceptors (Lipinski definition) is 10. The fourth-order valence-electron chi connectivity index (χ4n) is 5.07. The van der Waals surface area contributed by atoms with Crippen molar-refractivity contribution >= 4 is 17.5 Å². The van der Waals surface area contributed by atoms with Gasteiger partial charge < -0.3 is 39.4 Å². The second-order valence-electron chi connectivity index (χ2n) is 9.73. The third-order valence-corrected chi connectivity index (χ3v) is 7.05. The van der Waals surface area contributed by atoms with Gasteiger partial charge in [0.15, 0.2) is 6.10 Å². The molecule has 2 saturated heterocycles. The van der Waals surface area contributed by atoms with Gasteiger partial charge in [0.05, 0.1) is 37.6 Å². The lowest BCUT2D eigenvalue weighted by molar-refractivity contribution is -0.139. The Balaban J connectivity index is 1.25. The minimum atomic E-state index is -4.82. The highest BCUT2D eigenvalue weighted by Gasteiger charge is 2.48. The van der Waals surface area contributed by atoms with Gasteiger partial charge in [-0.1, -0.05) is 12.1 Å². The van der Waals surface area contributed by atoms with Gasteiger partial charge in [-0.3, -0.25) is 4.79 Å². The molecule has 6 rings (SSSR count). The molecule has 1 aromatic heterocycles. The first-order chi connectivity index (χ1) is 19.6. The molecule has 5 atom stereocenters. The summed E-state index contributed by atoms with van der Waals surface area (Å²) in [6.07, 6.45) is -6.23. The molecule has 0 spiro atoms. The van der Waals surface area contributed by atoms with E-state index in [0.717, 1.165) is 0 Å². The molecule has 11 nitrogen and oxygen atoms in total. The molecule has 3 aliphatic rings. The first kappa shape index (κ1) is 27.1. The Morgan fingerprint density at radius 2 is 1.93 bits per heavy atom. The van der Waals surface area contributed by atoms with E-state index < -0.39 is 47.9 Å². The van der Waals surface area contributed by atoms with Crippen molar-refractivity contribution in [1.29, 1.82) is 0 Å². The number of ether oxygens (including phenoxy) is 5. The van der Waals surface area contributed by atoms with Crippen molar-refractivity contribution in [1.82, 2.24) is 15.3 Å². The zero-order chi connectivity index (χ0) is 28.9. The Hall–Kier alpha value is -4.14. The summed E-state index contributed by atoms with van der Waals surface area (Å²) in [5.41, 5.74) is -0.113. The predicted molar refractivity (Wildman–Crippen MR) is 136 cm³/mol. The van der Waals surface area contributed by atoms with Gasteiger partial charge in [0.1, 0.15) is 41.1 Å². The van der Waals surface area contributed by atoms with E-state index >= 15 is 0 Å². The van der Waals surface area contributed by atoms with Crippen molar-refractivity contribution in [3.05, 3.63) is 59.3 Å². The zero-order valence-electron chi connectivity index (χ0n) is 21.8. The number of halogens is 3. The molecule has 14 heteroatoms. The van der Waals surface area contributed by atoms with Gasteiger partial charge in [0.2, 0.25) is 11.8 Å². The molecule has 0 saturated carbocycles. The van der Waals surface area contributed by atoms with Crippen LogP contribution >= 0.6 is 0 Å². The quantitative estimate of drug-likeness (QED) is 0.383. The van der Waals surface area contributed by atoms with Crippen LogP contribution in [0.5, 0.6) is 23.1 Å². The summed E-state index contributed by atoms with van der Waals surface area (Å²) in [5, 5.41) is 15.5. The highest BCUT2D eigenvalue weighted by atomic mass is 19.4. The summed E-state index contributed by atoms with van der Waals surface area (Å²) in [6.45, 7) is 2.16. The van der Waals surface area contributed by atoms with Gasteiger partial charge in [-0.05, 0) is 30.7 Å². The first-order valence-electron chi connectivity index (χ1n) is 12.7. The number of aliphatic hydroxyl groups is 1. The van der Waals surface area contributed by atoms with Gasteiger partial charge >= 0.3 is 6.18 Å². The van der Waals surface area contributed by atoms with Crippen molar-refractivity contribution in [3.63, 3.8) is 0 Å². The minimum Gasteiger partial charge on any atom is -0.494 e. The van der Waals surface area contributed by atoms with Crippen molar-refractivity contribution in [3.8, 4) is 23.1 Å². The molecule has 4 heterocycles. The Bertz CT molecular complexity index is 1490. The van der Waals surface area contributed by atoms with Crippen molar-refractivity contribution < 1.29 is 46.8 Å². The van der Waals surface area contributed by atoms with Crippen LogP contribution in [-0.4, -0.2) is 65.7 Å². The van der Waals surface area contributed by atoms with E-state index in [4.69, 9.17) is 23.7 Å². The SMILES string of the molecule is COc1cc(O[C@@H]2CO[C@H]3[C@@H]2OC[C@H]3O)ccc1Nc1ncc(C(F)(F)F)c(Oc2cccc3c2C(=O)N[C@H]3C)n1. The number of benzene rings is 2. The van der Waals surface area contributed by atoms with Gasteiger partial charge in [-0.2, -0.15) is 18.2 Å². The van der Waals surface area contributed by atoms with Crippen molar-refractivity contribution in [2.75, 3.05) is 25.6 Å². The van der Waals surface area contributed by atoms with E-state index in [1.165, 1.54) is 13.2 Å². The van der Waals surface area contributed by atoms with Gasteiger partial charge in [0.25, 0.3) is 5.91 Å². The molecule has 41 heavy (non-hydrogen) atoms. The molecule has 2 fully saturated rings. The van der Waals surface area contributed by atoms with Crippen LogP contribution < -0.4 is 24.8 Å². The zero-order valence-corrected chi connectivity index (χ0v) is 21.8. The average molecular weight is 575 g/mol. The third kappa shape index (κ3) is 5.09. The van der Waals surface area contributed by atoms with Gasteiger partial charge in [0, 0.05) is 12.3 Å². The van der Waals surface area contributed by atoms with E-state index in [1.54, 1.807) is 37.3 Å². The second-order valence-corrected chi connectivity index (χ2v) is 9.73. The van der Waals surface area contributed by atoms with Crippen LogP contribution in [0.15, 0.2) is 42.6 Å². The van der Waals surface area contributed by atoms with E-state index in [0.29, 0.717) is 28.9 Å². The Labute approximate surface area is 231 Å². The summed E-state index contributed by atoms with van der Waals surface area (Å²) in [6, 6.07) is 9.17. The normalized spacial score (nSPS) is 24.9. The van der Waals surface area contributed by atoms with Crippen LogP contribution in [-0.2, 0) is 15.7 Å². The molecular formula is C27H25F3N4O7. The molecule has 0 aliphatic carbocycles. The third-order valence-electron chi connectivity index (χ3n) is 7.05. The number of hydrogen-bond donors (Lipinski definition) is 3.